The van der Waals surface area contributed by atoms with Crippen molar-refractivity contribution in [1.82, 2.24) is 9.55 Å². The molecule has 8 heteroatoms. The average molecular weight is 515 g/mol. The van der Waals surface area contributed by atoms with Gasteiger partial charge in [-0.2, -0.15) is 0 Å². The second-order valence-corrected chi connectivity index (χ2v) is 9.62. The Kier molecular flexibility index (Phi) is 5.55. The Morgan fingerprint density at radius 1 is 1.11 bits per heavy atom. The van der Waals surface area contributed by atoms with E-state index in [-0.39, 0.29) is 12.1 Å². The first-order valence-electron chi connectivity index (χ1n) is 8.23. The van der Waals surface area contributed by atoms with Gasteiger partial charge in [-0.1, -0.05) is 62.9 Å². The lowest BCUT2D eigenvalue weighted by Crippen LogP contribution is -2.21. The van der Waals surface area contributed by atoms with Gasteiger partial charge in [0.1, 0.15) is 4.83 Å². The average Bonchev–Trinajstić information content (AvgIpc) is 2.97. The van der Waals surface area contributed by atoms with Crippen LogP contribution in [0.15, 0.2) is 52.0 Å². The lowest BCUT2D eigenvalue weighted by Gasteiger charge is -2.10. The molecule has 0 unspecified atom stereocenters. The molecule has 2 aromatic heterocycles. The molecule has 142 valence electrons. The van der Waals surface area contributed by atoms with Crippen LogP contribution in [-0.4, -0.2) is 9.55 Å². The van der Waals surface area contributed by atoms with E-state index in [9.17, 15) is 4.79 Å². The Morgan fingerprint density at radius 2 is 1.75 bits per heavy atom. The van der Waals surface area contributed by atoms with Crippen molar-refractivity contribution in [2.24, 2.45) is 0 Å². The normalized spacial score (nSPS) is 11.3. The van der Waals surface area contributed by atoms with Crippen molar-refractivity contribution in [3.8, 4) is 11.1 Å². The summed E-state index contributed by atoms with van der Waals surface area (Å²) in [4.78, 5) is 19.6. The van der Waals surface area contributed by atoms with Gasteiger partial charge in [-0.05, 0) is 36.8 Å². The van der Waals surface area contributed by atoms with Gasteiger partial charge in [0, 0.05) is 35.5 Å². The zero-order chi connectivity index (χ0) is 20.0. The van der Waals surface area contributed by atoms with E-state index in [1.54, 1.807) is 12.1 Å². The minimum absolute atomic E-state index is 0.130. The van der Waals surface area contributed by atoms with E-state index in [0.29, 0.717) is 30.8 Å². The number of aryl methyl sites for hydroxylation is 1. The summed E-state index contributed by atoms with van der Waals surface area (Å²) >= 11 is 23.5. The Bertz CT molecular complexity index is 1240. The van der Waals surface area contributed by atoms with E-state index >= 15 is 0 Å². The van der Waals surface area contributed by atoms with Gasteiger partial charge in [0.05, 0.1) is 18.3 Å². The van der Waals surface area contributed by atoms with Crippen LogP contribution in [0.2, 0.25) is 15.1 Å². The molecule has 3 nitrogen and oxygen atoms in total. The second kappa shape index (κ2) is 7.81. The van der Waals surface area contributed by atoms with Crippen LogP contribution in [0.1, 0.15) is 10.4 Å². The van der Waals surface area contributed by atoms with E-state index < -0.39 is 0 Å². The molecule has 4 rings (SSSR count). The summed E-state index contributed by atoms with van der Waals surface area (Å²) in [7, 11) is 0. The molecule has 0 aliphatic heterocycles. The van der Waals surface area contributed by atoms with Crippen molar-refractivity contribution in [3.63, 3.8) is 0 Å². The number of aromatic nitrogens is 2. The third-order valence-corrected chi connectivity index (χ3v) is 6.86. The maximum Gasteiger partial charge on any atom is 0.263 e. The quantitative estimate of drug-likeness (QED) is 0.290. The summed E-state index contributed by atoms with van der Waals surface area (Å²) in [5.41, 5.74) is 2.39. The summed E-state index contributed by atoms with van der Waals surface area (Å²) in [6, 6.07) is 11.1. The third kappa shape index (κ3) is 3.62. The smallest absolute Gasteiger partial charge is 0.263 e. The molecule has 0 fully saturated rings. The van der Waals surface area contributed by atoms with Crippen molar-refractivity contribution < 1.29 is 0 Å². The van der Waals surface area contributed by atoms with Crippen LogP contribution in [0.5, 0.6) is 0 Å². The molecule has 0 spiro atoms. The second-order valence-electron chi connectivity index (χ2n) is 6.25. The van der Waals surface area contributed by atoms with Crippen molar-refractivity contribution in [2.75, 3.05) is 0 Å². The Labute approximate surface area is 188 Å². The van der Waals surface area contributed by atoms with Crippen molar-refractivity contribution >= 4 is 72.3 Å². The fourth-order valence-electron chi connectivity index (χ4n) is 3.11. The minimum atomic E-state index is -0.130. The summed E-state index contributed by atoms with van der Waals surface area (Å²) in [6.07, 6.45) is 1.53. The maximum atomic E-state index is 13.3. The molecule has 0 aliphatic rings. The Morgan fingerprint density at radius 3 is 2.39 bits per heavy atom. The van der Waals surface area contributed by atoms with Crippen LogP contribution >= 0.6 is 62.1 Å². The van der Waals surface area contributed by atoms with Crippen LogP contribution in [0.3, 0.4) is 0 Å². The van der Waals surface area contributed by atoms with E-state index in [4.69, 9.17) is 34.8 Å². The van der Waals surface area contributed by atoms with E-state index in [1.165, 1.54) is 22.2 Å². The number of hydrogen-bond acceptors (Lipinski definition) is 3. The van der Waals surface area contributed by atoms with E-state index in [1.807, 2.05) is 31.2 Å². The number of thiophene rings is 1. The topological polar surface area (TPSA) is 34.9 Å². The molecule has 0 saturated carbocycles. The molecule has 0 amide bonds. The number of fused-ring (bicyclic) bond motifs is 1. The molecule has 0 radical (unpaired) electrons. The fraction of sp³-hybridized carbons (Fsp3) is 0.100. The summed E-state index contributed by atoms with van der Waals surface area (Å²) in [5, 5.41) is 1.89. The molecule has 0 saturated heterocycles. The zero-order valence-corrected chi connectivity index (χ0v) is 19.1. The first-order chi connectivity index (χ1) is 13.3. The largest absolute Gasteiger partial charge is 0.294 e. The van der Waals surface area contributed by atoms with E-state index in [2.05, 4.69) is 20.9 Å². The van der Waals surface area contributed by atoms with Gasteiger partial charge in [0.2, 0.25) is 0 Å². The highest BCUT2D eigenvalue weighted by molar-refractivity contribution is 9.10. The van der Waals surface area contributed by atoms with Gasteiger partial charge in [0.25, 0.3) is 5.56 Å². The van der Waals surface area contributed by atoms with Gasteiger partial charge in [-0.15, -0.1) is 11.3 Å². The SMILES string of the molecule is Cc1sc2ncn(Cc3c(Cl)cc(Cl)cc3Cl)c(=O)c2c1-c1ccc(Br)cc1. The first kappa shape index (κ1) is 19.9. The van der Waals surface area contributed by atoms with Gasteiger partial charge >= 0.3 is 0 Å². The molecule has 4 aromatic rings. The van der Waals surface area contributed by atoms with Crippen molar-refractivity contribution in [3.05, 3.63) is 83.1 Å². The Balaban J connectivity index is 1.89. The first-order valence-corrected chi connectivity index (χ1v) is 11.0. The summed E-state index contributed by atoms with van der Waals surface area (Å²) in [5.74, 6) is 0. The Hall–Kier alpha value is -1.37. The maximum absolute atomic E-state index is 13.3. The van der Waals surface area contributed by atoms with Crippen LogP contribution in [0, 0.1) is 6.92 Å². The lowest BCUT2D eigenvalue weighted by molar-refractivity contribution is 0.750. The van der Waals surface area contributed by atoms with Gasteiger partial charge in [-0.3, -0.25) is 9.36 Å². The number of rotatable bonds is 3. The van der Waals surface area contributed by atoms with Gasteiger partial charge < -0.3 is 0 Å². The minimum Gasteiger partial charge on any atom is -0.294 e. The highest BCUT2D eigenvalue weighted by Crippen LogP contribution is 2.36. The fourth-order valence-corrected chi connectivity index (χ4v) is 5.31. The number of benzene rings is 2. The molecule has 2 aromatic carbocycles. The van der Waals surface area contributed by atoms with Crippen molar-refractivity contribution in [1.29, 1.82) is 0 Å². The highest BCUT2D eigenvalue weighted by Gasteiger charge is 2.18. The predicted octanol–water partition coefficient (Wildman–Crippen LogP) is 7.20. The molecular formula is C20H12BrCl3N2OS. The molecule has 0 N–H and O–H groups in total. The highest BCUT2D eigenvalue weighted by atomic mass is 79.9. The van der Waals surface area contributed by atoms with Crippen LogP contribution in [0.4, 0.5) is 0 Å². The summed E-state index contributed by atoms with van der Waals surface area (Å²) < 4.78 is 2.51. The predicted molar refractivity (Wildman–Crippen MR) is 122 cm³/mol. The van der Waals surface area contributed by atoms with Crippen LogP contribution in [0.25, 0.3) is 21.3 Å². The molecule has 2 heterocycles. The molecule has 28 heavy (non-hydrogen) atoms. The summed E-state index contributed by atoms with van der Waals surface area (Å²) in [6.45, 7) is 2.21. The number of nitrogens with zero attached hydrogens (tertiary/aromatic N) is 2. The number of halogens is 4. The van der Waals surface area contributed by atoms with Gasteiger partial charge in [-0.25, -0.2) is 4.98 Å². The molecule has 0 aliphatic carbocycles. The zero-order valence-electron chi connectivity index (χ0n) is 14.5. The monoisotopic (exact) mass is 512 g/mol. The van der Waals surface area contributed by atoms with E-state index in [0.717, 1.165) is 20.5 Å². The number of hydrogen-bond donors (Lipinski definition) is 0. The molecule has 0 atom stereocenters. The lowest BCUT2D eigenvalue weighted by atomic mass is 10.0. The molecule has 0 bridgehead atoms. The standard InChI is InChI=1S/C20H12BrCl3N2OS/c1-10-17(11-2-4-12(21)5-3-11)18-19(28-10)25-9-26(20(18)27)8-14-15(23)6-13(22)7-16(14)24/h2-7,9H,8H2,1H3. The molecular weight excluding hydrogens is 503 g/mol. The van der Waals surface area contributed by atoms with Crippen LogP contribution < -0.4 is 5.56 Å². The van der Waals surface area contributed by atoms with Crippen molar-refractivity contribution in [2.45, 2.75) is 13.5 Å². The van der Waals surface area contributed by atoms with Gasteiger partial charge in [0.15, 0.2) is 0 Å². The third-order valence-electron chi connectivity index (χ3n) is 4.42. The van der Waals surface area contributed by atoms with Crippen LogP contribution in [-0.2, 0) is 6.54 Å².